The molecule has 0 aromatic rings. The van der Waals surface area contributed by atoms with Gasteiger partial charge in [0.25, 0.3) is 0 Å². The zero-order chi connectivity index (χ0) is 11.3. The van der Waals surface area contributed by atoms with E-state index in [9.17, 15) is 0 Å². The van der Waals surface area contributed by atoms with Crippen LogP contribution in [-0.4, -0.2) is 49.8 Å². The molecule has 1 saturated heterocycles. The fourth-order valence-electron chi connectivity index (χ4n) is 2.03. The predicted molar refractivity (Wildman–Crippen MR) is 64.2 cm³/mol. The van der Waals surface area contributed by atoms with Crippen LogP contribution in [0.3, 0.4) is 0 Å². The summed E-state index contributed by atoms with van der Waals surface area (Å²) in [5, 5.41) is 3.54. The van der Waals surface area contributed by atoms with E-state index in [1.54, 1.807) is 0 Å². The van der Waals surface area contributed by atoms with Gasteiger partial charge in [-0.25, -0.2) is 0 Å². The smallest absolute Gasteiger partial charge is 0.0704 e. The van der Waals surface area contributed by atoms with E-state index in [1.165, 1.54) is 12.8 Å². The van der Waals surface area contributed by atoms with Gasteiger partial charge in [0.05, 0.1) is 12.2 Å². The molecule has 0 amide bonds. The van der Waals surface area contributed by atoms with E-state index in [-0.39, 0.29) is 0 Å². The van der Waals surface area contributed by atoms with Gasteiger partial charge in [0.1, 0.15) is 0 Å². The van der Waals surface area contributed by atoms with Crippen LogP contribution < -0.4 is 5.32 Å². The van der Waals surface area contributed by atoms with Gasteiger partial charge in [0.2, 0.25) is 0 Å². The van der Waals surface area contributed by atoms with Gasteiger partial charge in [0, 0.05) is 19.1 Å². The first-order chi connectivity index (χ1) is 7.11. The Labute approximate surface area is 94.2 Å². The van der Waals surface area contributed by atoms with Crippen LogP contribution in [0.4, 0.5) is 0 Å². The van der Waals surface area contributed by atoms with Crippen molar-refractivity contribution in [1.29, 1.82) is 0 Å². The molecule has 1 fully saturated rings. The Morgan fingerprint density at radius 1 is 1.47 bits per heavy atom. The van der Waals surface area contributed by atoms with Gasteiger partial charge in [-0.15, -0.1) is 0 Å². The molecule has 15 heavy (non-hydrogen) atoms. The van der Waals surface area contributed by atoms with Crippen LogP contribution in [0.15, 0.2) is 0 Å². The van der Waals surface area contributed by atoms with Gasteiger partial charge in [-0.3, -0.25) is 0 Å². The average molecular weight is 214 g/mol. The minimum atomic E-state index is 0.439. The summed E-state index contributed by atoms with van der Waals surface area (Å²) in [6.45, 7) is 9.82. The van der Waals surface area contributed by atoms with Crippen molar-refractivity contribution in [3.05, 3.63) is 0 Å². The molecule has 0 aromatic carbocycles. The molecule has 0 saturated carbocycles. The molecule has 1 N–H and O–H groups in total. The summed E-state index contributed by atoms with van der Waals surface area (Å²) in [5.74, 6) is 0. The fraction of sp³-hybridized carbons (Fsp3) is 1.00. The van der Waals surface area contributed by atoms with E-state index in [2.05, 4.69) is 38.0 Å². The maximum absolute atomic E-state index is 5.77. The Bertz CT molecular complexity index is 175. The third-order valence-corrected chi connectivity index (χ3v) is 3.14. The van der Waals surface area contributed by atoms with E-state index in [4.69, 9.17) is 4.74 Å². The summed E-state index contributed by atoms with van der Waals surface area (Å²) in [4.78, 5) is 2.33. The normalized spacial score (nSPS) is 28.6. The minimum Gasteiger partial charge on any atom is -0.374 e. The summed E-state index contributed by atoms with van der Waals surface area (Å²) >= 11 is 0. The minimum absolute atomic E-state index is 0.439. The number of ether oxygens (including phenoxy) is 1. The van der Waals surface area contributed by atoms with Crippen molar-refractivity contribution < 1.29 is 4.74 Å². The van der Waals surface area contributed by atoms with Gasteiger partial charge >= 0.3 is 0 Å². The van der Waals surface area contributed by atoms with E-state index in [0.29, 0.717) is 18.2 Å². The Balaban J connectivity index is 2.08. The third-order valence-electron chi connectivity index (χ3n) is 3.14. The van der Waals surface area contributed by atoms with Crippen molar-refractivity contribution in [2.75, 3.05) is 26.7 Å². The van der Waals surface area contributed by atoms with Crippen LogP contribution in [0.5, 0.6) is 0 Å². The topological polar surface area (TPSA) is 24.5 Å². The highest BCUT2D eigenvalue weighted by Gasteiger charge is 2.21. The van der Waals surface area contributed by atoms with Crippen molar-refractivity contribution >= 4 is 0 Å². The monoisotopic (exact) mass is 214 g/mol. The summed E-state index contributed by atoms with van der Waals surface area (Å²) < 4.78 is 5.77. The lowest BCUT2D eigenvalue weighted by Gasteiger charge is -2.22. The van der Waals surface area contributed by atoms with E-state index in [0.717, 1.165) is 19.6 Å². The number of rotatable bonds is 6. The third kappa shape index (κ3) is 4.96. The highest BCUT2D eigenvalue weighted by molar-refractivity contribution is 4.75. The number of likely N-dealkylation sites (N-methyl/N-ethyl adjacent to an activating group) is 1. The number of nitrogens with zero attached hydrogens (tertiary/aromatic N) is 1. The first kappa shape index (κ1) is 12.9. The molecule has 3 nitrogen and oxygen atoms in total. The van der Waals surface area contributed by atoms with E-state index < -0.39 is 0 Å². The second kappa shape index (κ2) is 6.46. The van der Waals surface area contributed by atoms with Crippen LogP contribution in [0.1, 0.15) is 33.6 Å². The molecule has 0 aliphatic carbocycles. The zero-order valence-corrected chi connectivity index (χ0v) is 10.6. The highest BCUT2D eigenvalue weighted by atomic mass is 16.5. The Morgan fingerprint density at radius 3 is 2.73 bits per heavy atom. The van der Waals surface area contributed by atoms with Gasteiger partial charge < -0.3 is 15.0 Å². The zero-order valence-electron chi connectivity index (χ0n) is 10.6. The van der Waals surface area contributed by atoms with Crippen LogP contribution in [0, 0.1) is 0 Å². The van der Waals surface area contributed by atoms with Crippen LogP contribution in [-0.2, 0) is 4.74 Å². The molecule has 1 aliphatic heterocycles. The van der Waals surface area contributed by atoms with E-state index in [1.807, 2.05) is 0 Å². The van der Waals surface area contributed by atoms with Crippen molar-refractivity contribution in [2.45, 2.75) is 51.9 Å². The lowest BCUT2D eigenvalue weighted by Crippen LogP contribution is -2.40. The van der Waals surface area contributed by atoms with Crippen molar-refractivity contribution in [3.8, 4) is 0 Å². The molecule has 3 atom stereocenters. The number of hydrogen-bond acceptors (Lipinski definition) is 3. The number of nitrogens with one attached hydrogen (secondary N) is 1. The molecular formula is C12H26N2O. The molecule has 3 heteroatoms. The number of hydrogen-bond donors (Lipinski definition) is 1. The Morgan fingerprint density at radius 2 is 2.20 bits per heavy atom. The Hall–Kier alpha value is -0.120. The van der Waals surface area contributed by atoms with E-state index >= 15 is 0 Å². The molecule has 0 aromatic heterocycles. The Kier molecular flexibility index (Phi) is 5.58. The van der Waals surface area contributed by atoms with Crippen molar-refractivity contribution in [2.24, 2.45) is 0 Å². The maximum Gasteiger partial charge on any atom is 0.0704 e. The molecule has 1 aliphatic rings. The predicted octanol–water partition coefficient (Wildman–Crippen LogP) is 1.48. The second-order valence-electron chi connectivity index (χ2n) is 4.81. The fourth-order valence-corrected chi connectivity index (χ4v) is 2.03. The van der Waals surface area contributed by atoms with Crippen molar-refractivity contribution in [1.82, 2.24) is 10.2 Å². The standard InChI is InChI=1S/C12H26N2O/c1-5-14(4)9-10(2)13-8-12-7-6-11(3)15-12/h10-13H,5-9H2,1-4H3. The SMILES string of the molecule is CCN(C)CC(C)NCC1CCC(C)O1. The van der Waals surface area contributed by atoms with Crippen LogP contribution in [0.2, 0.25) is 0 Å². The molecule has 1 heterocycles. The summed E-state index contributed by atoms with van der Waals surface area (Å²) in [6, 6.07) is 0.550. The summed E-state index contributed by atoms with van der Waals surface area (Å²) in [6.07, 6.45) is 3.33. The highest BCUT2D eigenvalue weighted by Crippen LogP contribution is 2.18. The summed E-state index contributed by atoms with van der Waals surface area (Å²) in [5.41, 5.74) is 0. The largest absolute Gasteiger partial charge is 0.374 e. The van der Waals surface area contributed by atoms with Crippen LogP contribution >= 0.6 is 0 Å². The average Bonchev–Trinajstić information content (AvgIpc) is 2.61. The molecule has 0 bridgehead atoms. The van der Waals surface area contributed by atoms with Gasteiger partial charge in [-0.1, -0.05) is 6.92 Å². The van der Waals surface area contributed by atoms with Gasteiger partial charge in [0.15, 0.2) is 0 Å². The molecule has 3 unspecified atom stereocenters. The van der Waals surface area contributed by atoms with Crippen LogP contribution in [0.25, 0.3) is 0 Å². The molecule has 1 rings (SSSR count). The van der Waals surface area contributed by atoms with Crippen molar-refractivity contribution in [3.63, 3.8) is 0 Å². The second-order valence-corrected chi connectivity index (χ2v) is 4.81. The summed E-state index contributed by atoms with van der Waals surface area (Å²) in [7, 11) is 2.16. The molecule has 0 spiro atoms. The van der Waals surface area contributed by atoms with Gasteiger partial charge in [-0.05, 0) is 40.3 Å². The quantitative estimate of drug-likeness (QED) is 0.725. The maximum atomic E-state index is 5.77. The first-order valence-corrected chi connectivity index (χ1v) is 6.19. The molecule has 0 radical (unpaired) electrons. The lowest BCUT2D eigenvalue weighted by molar-refractivity contribution is 0.0540. The first-order valence-electron chi connectivity index (χ1n) is 6.19. The molecular weight excluding hydrogens is 188 g/mol. The molecule has 90 valence electrons. The van der Waals surface area contributed by atoms with Gasteiger partial charge in [-0.2, -0.15) is 0 Å². The lowest BCUT2D eigenvalue weighted by atomic mass is 10.2.